The van der Waals surface area contributed by atoms with E-state index in [2.05, 4.69) is 16.2 Å². The molecule has 0 saturated carbocycles. The average molecular weight is 136 g/mol. The standard InChI is InChI=1S/C3H9P.C2H4O2/c1-2-3-4;1-2(3)4/h2-4H2,1H3;1H3,(H,3,4). The van der Waals surface area contributed by atoms with Crippen LogP contribution in [0.4, 0.5) is 0 Å². The predicted molar refractivity (Wildman–Crippen MR) is 38.2 cm³/mol. The molecule has 50 valence electrons. The average Bonchev–Trinajstić information content (AvgIpc) is 1.65. The highest BCUT2D eigenvalue weighted by Gasteiger charge is 1.65. The second-order valence-corrected chi connectivity index (χ2v) is 1.89. The number of rotatable bonds is 1. The summed E-state index contributed by atoms with van der Waals surface area (Å²) in [6.07, 6.45) is 2.52. The molecule has 1 atom stereocenters. The van der Waals surface area contributed by atoms with Gasteiger partial charge in [-0.15, -0.1) is 9.24 Å². The Balaban J connectivity index is 0. The van der Waals surface area contributed by atoms with E-state index in [1.165, 1.54) is 12.6 Å². The van der Waals surface area contributed by atoms with Crippen LogP contribution in [0, 0.1) is 0 Å². The second kappa shape index (κ2) is 10.0. The first-order valence-corrected chi connectivity index (χ1v) is 3.36. The van der Waals surface area contributed by atoms with Crippen LogP contribution in [-0.2, 0) is 4.79 Å². The third-order valence-electron chi connectivity index (χ3n) is 0.289. The molecule has 2 nitrogen and oxygen atoms in total. The first-order chi connectivity index (χ1) is 3.65. The Morgan fingerprint density at radius 3 is 1.88 bits per heavy atom. The van der Waals surface area contributed by atoms with Gasteiger partial charge in [0.15, 0.2) is 0 Å². The number of carboxylic acid groups (broad SMARTS) is 1. The molecule has 0 spiro atoms. The molecule has 0 aromatic heterocycles. The van der Waals surface area contributed by atoms with Crippen molar-refractivity contribution >= 4 is 15.2 Å². The summed E-state index contributed by atoms with van der Waals surface area (Å²) >= 11 is 0. The highest BCUT2D eigenvalue weighted by Crippen LogP contribution is 1.80. The molecular weight excluding hydrogens is 123 g/mol. The molecular formula is C5H13O2P. The van der Waals surface area contributed by atoms with Gasteiger partial charge in [0.1, 0.15) is 0 Å². The highest BCUT2D eigenvalue weighted by atomic mass is 31.0. The van der Waals surface area contributed by atoms with Crippen molar-refractivity contribution in [3.63, 3.8) is 0 Å². The molecule has 1 unspecified atom stereocenters. The number of hydrogen-bond donors (Lipinski definition) is 1. The Hall–Kier alpha value is -0.100. The summed E-state index contributed by atoms with van der Waals surface area (Å²) < 4.78 is 0. The fourth-order valence-electron chi connectivity index (χ4n) is 0. The Kier molecular flexibility index (Phi) is 13.5. The van der Waals surface area contributed by atoms with Crippen molar-refractivity contribution in [2.45, 2.75) is 20.3 Å². The van der Waals surface area contributed by atoms with E-state index in [-0.39, 0.29) is 0 Å². The lowest BCUT2D eigenvalue weighted by Gasteiger charge is -1.68. The first kappa shape index (κ1) is 10.8. The monoisotopic (exact) mass is 136 g/mol. The van der Waals surface area contributed by atoms with Crippen LogP contribution in [0.3, 0.4) is 0 Å². The Bertz CT molecular complexity index is 48.4. The van der Waals surface area contributed by atoms with Gasteiger partial charge in [-0.1, -0.05) is 13.3 Å². The summed E-state index contributed by atoms with van der Waals surface area (Å²) in [6, 6.07) is 0. The van der Waals surface area contributed by atoms with Gasteiger partial charge in [-0.05, 0) is 6.16 Å². The number of hydrogen-bond acceptors (Lipinski definition) is 1. The number of aliphatic carboxylic acids is 1. The van der Waals surface area contributed by atoms with E-state index in [1.807, 2.05) is 0 Å². The SMILES string of the molecule is CC(=O)O.CCCP. The molecule has 0 saturated heterocycles. The summed E-state index contributed by atoms with van der Waals surface area (Å²) in [7, 11) is 2.66. The van der Waals surface area contributed by atoms with Crippen LogP contribution >= 0.6 is 9.24 Å². The van der Waals surface area contributed by atoms with Gasteiger partial charge in [-0.3, -0.25) is 4.79 Å². The molecule has 1 N–H and O–H groups in total. The van der Waals surface area contributed by atoms with Crippen molar-refractivity contribution in [3.05, 3.63) is 0 Å². The molecule has 3 heteroatoms. The minimum atomic E-state index is -0.833. The van der Waals surface area contributed by atoms with E-state index < -0.39 is 5.97 Å². The van der Waals surface area contributed by atoms with Gasteiger partial charge >= 0.3 is 0 Å². The zero-order chi connectivity index (χ0) is 6.99. The van der Waals surface area contributed by atoms with Gasteiger partial charge in [0.05, 0.1) is 0 Å². The fourth-order valence-corrected chi connectivity index (χ4v) is 0. The van der Waals surface area contributed by atoms with E-state index >= 15 is 0 Å². The van der Waals surface area contributed by atoms with Crippen molar-refractivity contribution in [1.82, 2.24) is 0 Å². The summed E-state index contributed by atoms with van der Waals surface area (Å²) in [5.41, 5.74) is 0. The molecule has 0 radical (unpaired) electrons. The van der Waals surface area contributed by atoms with E-state index in [0.717, 1.165) is 6.92 Å². The lowest BCUT2D eigenvalue weighted by atomic mass is 10.6. The van der Waals surface area contributed by atoms with Gasteiger partial charge < -0.3 is 5.11 Å². The molecule has 0 fully saturated rings. The molecule has 0 aliphatic carbocycles. The third-order valence-corrected chi connectivity index (χ3v) is 0.866. The van der Waals surface area contributed by atoms with Crippen LogP contribution in [0.5, 0.6) is 0 Å². The molecule has 0 aromatic carbocycles. The largest absolute Gasteiger partial charge is 0.481 e. The van der Waals surface area contributed by atoms with Crippen LogP contribution in [0.15, 0.2) is 0 Å². The van der Waals surface area contributed by atoms with E-state index in [9.17, 15) is 0 Å². The lowest BCUT2D eigenvalue weighted by Crippen LogP contribution is -1.78. The van der Waals surface area contributed by atoms with Gasteiger partial charge in [0, 0.05) is 6.92 Å². The maximum absolute atomic E-state index is 9.00. The van der Waals surface area contributed by atoms with Crippen LogP contribution < -0.4 is 0 Å². The molecule has 0 bridgehead atoms. The van der Waals surface area contributed by atoms with E-state index in [4.69, 9.17) is 9.90 Å². The summed E-state index contributed by atoms with van der Waals surface area (Å²) in [5.74, 6) is -0.833. The zero-order valence-corrected chi connectivity index (χ0v) is 6.50. The Labute approximate surface area is 52.5 Å². The van der Waals surface area contributed by atoms with Gasteiger partial charge in [0.25, 0.3) is 5.97 Å². The normalized spacial score (nSPS) is 6.88. The summed E-state index contributed by atoms with van der Waals surface area (Å²) in [4.78, 5) is 9.00. The maximum atomic E-state index is 9.00. The number of carbonyl (C=O) groups is 1. The van der Waals surface area contributed by atoms with Crippen molar-refractivity contribution in [2.75, 3.05) is 6.16 Å². The molecule has 0 aliphatic rings. The van der Waals surface area contributed by atoms with Gasteiger partial charge in [0.2, 0.25) is 0 Å². The third kappa shape index (κ3) is 175. The minimum Gasteiger partial charge on any atom is -0.481 e. The molecule has 0 aliphatic heterocycles. The molecule has 8 heavy (non-hydrogen) atoms. The van der Waals surface area contributed by atoms with Gasteiger partial charge in [-0.2, -0.15) is 0 Å². The topological polar surface area (TPSA) is 37.3 Å². The van der Waals surface area contributed by atoms with Crippen molar-refractivity contribution in [2.24, 2.45) is 0 Å². The lowest BCUT2D eigenvalue weighted by molar-refractivity contribution is -0.134. The summed E-state index contributed by atoms with van der Waals surface area (Å²) in [6.45, 7) is 3.24. The predicted octanol–water partition coefficient (Wildman–Crippen LogP) is 1.36. The zero-order valence-electron chi connectivity index (χ0n) is 5.35. The van der Waals surface area contributed by atoms with E-state index in [0.29, 0.717) is 0 Å². The van der Waals surface area contributed by atoms with Crippen molar-refractivity contribution in [1.29, 1.82) is 0 Å². The second-order valence-electron chi connectivity index (χ2n) is 1.31. The highest BCUT2D eigenvalue weighted by molar-refractivity contribution is 7.16. The fraction of sp³-hybridized carbons (Fsp3) is 0.800. The molecule has 0 heterocycles. The minimum absolute atomic E-state index is 0.833. The molecule has 0 rings (SSSR count). The Morgan fingerprint density at radius 2 is 1.88 bits per heavy atom. The van der Waals surface area contributed by atoms with Crippen molar-refractivity contribution in [3.8, 4) is 0 Å². The maximum Gasteiger partial charge on any atom is 0.300 e. The van der Waals surface area contributed by atoms with Crippen LogP contribution in [-0.4, -0.2) is 17.2 Å². The smallest absolute Gasteiger partial charge is 0.300 e. The van der Waals surface area contributed by atoms with Gasteiger partial charge in [-0.25, -0.2) is 0 Å². The quantitative estimate of drug-likeness (QED) is 0.552. The van der Waals surface area contributed by atoms with E-state index in [1.54, 1.807) is 0 Å². The van der Waals surface area contributed by atoms with Crippen LogP contribution in [0.2, 0.25) is 0 Å². The van der Waals surface area contributed by atoms with Crippen LogP contribution in [0.25, 0.3) is 0 Å². The van der Waals surface area contributed by atoms with Crippen LogP contribution in [0.1, 0.15) is 20.3 Å². The summed E-state index contributed by atoms with van der Waals surface area (Å²) in [5, 5.41) is 7.42. The number of carboxylic acids is 1. The Morgan fingerprint density at radius 1 is 1.75 bits per heavy atom. The molecule has 0 amide bonds. The van der Waals surface area contributed by atoms with Crippen molar-refractivity contribution < 1.29 is 9.90 Å². The molecule has 0 aromatic rings. The first-order valence-electron chi connectivity index (χ1n) is 2.54.